The number of rotatable bonds is 2. The molecular formula is C14H20N2OS. The van der Waals surface area contributed by atoms with E-state index in [1.165, 1.54) is 24.0 Å². The number of nitrogens with one attached hydrogen (secondary N) is 1. The van der Waals surface area contributed by atoms with Crippen molar-refractivity contribution in [2.75, 3.05) is 13.1 Å². The molecular weight excluding hydrogens is 244 g/mol. The van der Waals surface area contributed by atoms with Crippen molar-refractivity contribution >= 4 is 11.0 Å². The van der Waals surface area contributed by atoms with Gasteiger partial charge >= 0.3 is 0 Å². The molecule has 1 aromatic rings. The van der Waals surface area contributed by atoms with Gasteiger partial charge in [0.15, 0.2) is 0 Å². The lowest BCUT2D eigenvalue weighted by Gasteiger charge is -2.33. The minimum absolute atomic E-state index is 0.449. The first-order chi connectivity index (χ1) is 8.65. The average Bonchev–Trinajstić information content (AvgIpc) is 2.56. The molecule has 3 unspecified atom stereocenters. The molecule has 2 saturated heterocycles. The second kappa shape index (κ2) is 4.76. The summed E-state index contributed by atoms with van der Waals surface area (Å²) in [6, 6.07) is 7.15. The van der Waals surface area contributed by atoms with Crippen LogP contribution in [-0.2, 0) is 11.0 Å². The smallest absolute Gasteiger partial charge is 0.128 e. The van der Waals surface area contributed by atoms with E-state index in [9.17, 15) is 4.21 Å². The van der Waals surface area contributed by atoms with Gasteiger partial charge in [0.1, 0.15) is 11.0 Å². The monoisotopic (exact) mass is 264 g/mol. The Balaban J connectivity index is 1.90. The SMILES string of the molecule is Cc1cc(C)cc(S(=O)N2C3CCC2CNC3)c1. The van der Waals surface area contributed by atoms with Crippen LogP contribution in [0.5, 0.6) is 0 Å². The van der Waals surface area contributed by atoms with Crippen molar-refractivity contribution in [2.45, 2.75) is 43.7 Å². The maximum Gasteiger partial charge on any atom is 0.128 e. The Kier molecular flexibility index (Phi) is 3.26. The van der Waals surface area contributed by atoms with Gasteiger partial charge in [-0.05, 0) is 49.9 Å². The molecule has 2 heterocycles. The second-order valence-electron chi connectivity index (χ2n) is 5.48. The number of aryl methyl sites for hydroxylation is 2. The van der Waals surface area contributed by atoms with Crippen LogP contribution in [0.15, 0.2) is 23.1 Å². The molecule has 3 nitrogen and oxygen atoms in total. The Morgan fingerprint density at radius 2 is 1.67 bits per heavy atom. The summed E-state index contributed by atoms with van der Waals surface area (Å²) >= 11 is 0. The highest BCUT2D eigenvalue weighted by atomic mass is 32.2. The lowest BCUT2D eigenvalue weighted by Crippen LogP contribution is -2.52. The minimum Gasteiger partial charge on any atom is -0.314 e. The minimum atomic E-state index is -0.995. The number of benzene rings is 1. The molecule has 3 atom stereocenters. The van der Waals surface area contributed by atoms with Crippen LogP contribution in [0.3, 0.4) is 0 Å². The number of fused-ring (bicyclic) bond motifs is 2. The highest BCUT2D eigenvalue weighted by Crippen LogP contribution is 2.31. The zero-order chi connectivity index (χ0) is 12.7. The van der Waals surface area contributed by atoms with Gasteiger partial charge in [-0.25, -0.2) is 8.51 Å². The van der Waals surface area contributed by atoms with E-state index in [1.807, 2.05) is 0 Å². The summed E-state index contributed by atoms with van der Waals surface area (Å²) < 4.78 is 15.0. The molecule has 98 valence electrons. The lowest BCUT2D eigenvalue weighted by atomic mass is 10.2. The highest BCUT2D eigenvalue weighted by Gasteiger charge is 2.40. The first-order valence-corrected chi connectivity index (χ1v) is 7.75. The van der Waals surface area contributed by atoms with E-state index < -0.39 is 11.0 Å². The molecule has 0 spiro atoms. The van der Waals surface area contributed by atoms with E-state index in [2.05, 4.69) is 41.7 Å². The van der Waals surface area contributed by atoms with Gasteiger partial charge in [-0.2, -0.15) is 0 Å². The Labute approximate surface area is 111 Å². The summed E-state index contributed by atoms with van der Waals surface area (Å²) in [6.07, 6.45) is 2.35. The van der Waals surface area contributed by atoms with Crippen LogP contribution in [0.2, 0.25) is 0 Å². The first-order valence-electron chi connectivity index (χ1n) is 6.64. The van der Waals surface area contributed by atoms with E-state index in [0.717, 1.165) is 18.0 Å². The van der Waals surface area contributed by atoms with Gasteiger partial charge in [0.25, 0.3) is 0 Å². The van der Waals surface area contributed by atoms with Crippen molar-refractivity contribution in [1.82, 2.24) is 9.62 Å². The highest BCUT2D eigenvalue weighted by molar-refractivity contribution is 7.82. The Hall–Kier alpha value is -0.710. The molecule has 4 heteroatoms. The Bertz CT molecular complexity index is 452. The number of hydrogen-bond acceptors (Lipinski definition) is 2. The van der Waals surface area contributed by atoms with E-state index in [4.69, 9.17) is 0 Å². The number of nitrogens with zero attached hydrogens (tertiary/aromatic N) is 1. The molecule has 1 aromatic carbocycles. The zero-order valence-corrected chi connectivity index (χ0v) is 11.8. The van der Waals surface area contributed by atoms with Crippen LogP contribution >= 0.6 is 0 Å². The number of piperazine rings is 1. The molecule has 0 radical (unpaired) electrons. The Morgan fingerprint density at radius 3 is 2.22 bits per heavy atom. The van der Waals surface area contributed by atoms with Crippen molar-refractivity contribution in [2.24, 2.45) is 0 Å². The third-order valence-corrected chi connectivity index (χ3v) is 5.52. The second-order valence-corrected chi connectivity index (χ2v) is 6.87. The molecule has 0 aromatic heterocycles. The van der Waals surface area contributed by atoms with Gasteiger partial charge in [0, 0.05) is 25.2 Å². The normalized spacial score (nSPS) is 29.4. The number of hydrogen-bond donors (Lipinski definition) is 1. The lowest BCUT2D eigenvalue weighted by molar-refractivity contribution is 0.276. The summed E-state index contributed by atoms with van der Waals surface area (Å²) in [5.74, 6) is 0. The summed E-state index contributed by atoms with van der Waals surface area (Å²) in [4.78, 5) is 0.964. The first kappa shape index (κ1) is 12.3. The van der Waals surface area contributed by atoms with Crippen LogP contribution in [0.25, 0.3) is 0 Å². The fraction of sp³-hybridized carbons (Fsp3) is 0.571. The zero-order valence-electron chi connectivity index (χ0n) is 11.0. The summed E-state index contributed by atoms with van der Waals surface area (Å²) in [5.41, 5.74) is 2.39. The molecule has 2 fully saturated rings. The van der Waals surface area contributed by atoms with Crippen LogP contribution < -0.4 is 5.32 Å². The van der Waals surface area contributed by atoms with E-state index in [-0.39, 0.29) is 0 Å². The van der Waals surface area contributed by atoms with Gasteiger partial charge in [-0.1, -0.05) is 6.07 Å². The third-order valence-electron chi connectivity index (χ3n) is 3.90. The van der Waals surface area contributed by atoms with Crippen LogP contribution in [0.1, 0.15) is 24.0 Å². The van der Waals surface area contributed by atoms with Gasteiger partial charge in [0.05, 0.1) is 4.90 Å². The molecule has 2 aliphatic rings. The van der Waals surface area contributed by atoms with Crippen molar-refractivity contribution < 1.29 is 4.21 Å². The van der Waals surface area contributed by atoms with E-state index >= 15 is 0 Å². The van der Waals surface area contributed by atoms with Crippen LogP contribution in [0, 0.1) is 13.8 Å². The van der Waals surface area contributed by atoms with Crippen LogP contribution in [-0.4, -0.2) is 33.7 Å². The van der Waals surface area contributed by atoms with Crippen molar-refractivity contribution in [3.8, 4) is 0 Å². The fourth-order valence-corrected chi connectivity index (χ4v) is 4.88. The maximum atomic E-state index is 12.8. The van der Waals surface area contributed by atoms with E-state index in [0.29, 0.717) is 12.1 Å². The molecule has 18 heavy (non-hydrogen) atoms. The average molecular weight is 264 g/mol. The molecule has 2 aliphatic heterocycles. The molecule has 0 aliphatic carbocycles. The van der Waals surface area contributed by atoms with Crippen molar-refractivity contribution in [1.29, 1.82) is 0 Å². The summed E-state index contributed by atoms with van der Waals surface area (Å²) in [6.45, 7) is 6.10. The molecule has 3 rings (SSSR count). The largest absolute Gasteiger partial charge is 0.314 e. The molecule has 2 bridgehead atoms. The van der Waals surface area contributed by atoms with Gasteiger partial charge < -0.3 is 5.32 Å². The van der Waals surface area contributed by atoms with E-state index in [1.54, 1.807) is 0 Å². The van der Waals surface area contributed by atoms with Gasteiger partial charge in [-0.15, -0.1) is 0 Å². The van der Waals surface area contributed by atoms with Gasteiger partial charge in [-0.3, -0.25) is 0 Å². The van der Waals surface area contributed by atoms with Gasteiger partial charge in [0.2, 0.25) is 0 Å². The predicted octanol–water partition coefficient (Wildman–Crippen LogP) is 1.76. The standard InChI is InChI=1S/C14H20N2OS/c1-10-5-11(2)7-14(6-10)18(17)16-12-3-4-13(16)9-15-8-12/h5-7,12-13,15H,3-4,8-9H2,1-2H3. The summed E-state index contributed by atoms with van der Waals surface area (Å²) in [5, 5.41) is 3.43. The summed E-state index contributed by atoms with van der Waals surface area (Å²) in [7, 11) is -0.995. The maximum absolute atomic E-state index is 12.8. The molecule has 0 amide bonds. The fourth-order valence-electron chi connectivity index (χ4n) is 3.16. The molecule has 1 N–H and O–H groups in total. The van der Waals surface area contributed by atoms with Crippen molar-refractivity contribution in [3.05, 3.63) is 29.3 Å². The predicted molar refractivity (Wildman–Crippen MR) is 73.8 cm³/mol. The van der Waals surface area contributed by atoms with Crippen molar-refractivity contribution in [3.63, 3.8) is 0 Å². The molecule has 0 saturated carbocycles. The quantitative estimate of drug-likeness (QED) is 0.883. The topological polar surface area (TPSA) is 32.3 Å². The Morgan fingerprint density at radius 1 is 1.11 bits per heavy atom. The third kappa shape index (κ3) is 2.13. The van der Waals surface area contributed by atoms with Crippen LogP contribution in [0.4, 0.5) is 0 Å².